The Kier molecular flexibility index (Phi) is 2.19. The lowest BCUT2D eigenvalue weighted by molar-refractivity contribution is 0.0652. The second kappa shape index (κ2) is 3.14. The standard InChI is InChI=1S/C8H6NO4/c9-5-3-1-2-4(7(10)11)6(5)8(12)13/h1-3,9H,(H,10,11)(H,12,13). The number of benzene rings is 1. The number of hydrogen-bond acceptors (Lipinski definition) is 2. The molecule has 1 rings (SSSR count). The van der Waals surface area contributed by atoms with Crippen LogP contribution in [0.3, 0.4) is 0 Å². The van der Waals surface area contributed by atoms with Crippen molar-refractivity contribution in [1.29, 1.82) is 0 Å². The number of hydrogen-bond donors (Lipinski definition) is 2. The maximum atomic E-state index is 10.6. The third kappa shape index (κ3) is 1.58. The Labute approximate surface area is 73.4 Å². The molecule has 0 aliphatic rings. The zero-order chi connectivity index (χ0) is 10.0. The predicted octanol–water partition coefficient (Wildman–Crippen LogP) is 0.997. The largest absolute Gasteiger partial charge is 0.478 e. The van der Waals surface area contributed by atoms with Crippen LogP contribution in [0.15, 0.2) is 18.2 Å². The molecule has 0 aromatic heterocycles. The number of carboxylic acids is 2. The van der Waals surface area contributed by atoms with Crippen LogP contribution in [0.2, 0.25) is 0 Å². The summed E-state index contributed by atoms with van der Waals surface area (Å²) in [5, 5.41) is 17.2. The van der Waals surface area contributed by atoms with Crippen molar-refractivity contribution in [1.82, 2.24) is 5.73 Å². The van der Waals surface area contributed by atoms with Crippen molar-refractivity contribution < 1.29 is 19.8 Å². The fourth-order valence-corrected chi connectivity index (χ4v) is 0.961. The highest BCUT2D eigenvalue weighted by Gasteiger charge is 2.18. The lowest BCUT2D eigenvalue weighted by Gasteiger charge is -2.02. The second-order valence-corrected chi connectivity index (χ2v) is 2.34. The van der Waals surface area contributed by atoms with E-state index in [4.69, 9.17) is 15.9 Å². The first-order valence-electron chi connectivity index (χ1n) is 3.35. The Hall–Kier alpha value is -2.04. The fraction of sp³-hybridized carbons (Fsp3) is 0. The molecule has 13 heavy (non-hydrogen) atoms. The molecule has 0 saturated heterocycles. The molecule has 5 nitrogen and oxygen atoms in total. The third-order valence-corrected chi connectivity index (χ3v) is 1.51. The summed E-state index contributed by atoms with van der Waals surface area (Å²) in [7, 11) is 0. The van der Waals surface area contributed by atoms with Gasteiger partial charge in [0.05, 0.1) is 16.8 Å². The Morgan fingerprint density at radius 1 is 1.15 bits per heavy atom. The second-order valence-electron chi connectivity index (χ2n) is 2.34. The van der Waals surface area contributed by atoms with Gasteiger partial charge in [-0.1, -0.05) is 6.07 Å². The van der Waals surface area contributed by atoms with Gasteiger partial charge in [-0.2, -0.15) is 0 Å². The molecule has 0 spiro atoms. The van der Waals surface area contributed by atoms with Crippen molar-refractivity contribution in [3.8, 4) is 0 Å². The van der Waals surface area contributed by atoms with Gasteiger partial charge >= 0.3 is 11.9 Å². The normalized spacial score (nSPS) is 9.54. The molecule has 0 aliphatic heterocycles. The van der Waals surface area contributed by atoms with Crippen molar-refractivity contribution in [3.05, 3.63) is 29.3 Å². The summed E-state index contributed by atoms with van der Waals surface area (Å²) in [5.41, 5.74) is 6.05. The SMILES string of the molecule is [NH]c1cccc(C(=O)O)c1C(=O)O. The molecular weight excluding hydrogens is 174 g/mol. The van der Waals surface area contributed by atoms with E-state index in [0.717, 1.165) is 6.07 Å². The van der Waals surface area contributed by atoms with Gasteiger partial charge in [-0.15, -0.1) is 0 Å². The molecular formula is C8H6NO4. The highest BCUT2D eigenvalue weighted by Crippen LogP contribution is 2.18. The molecule has 0 aliphatic carbocycles. The van der Waals surface area contributed by atoms with E-state index in [9.17, 15) is 9.59 Å². The van der Waals surface area contributed by atoms with Crippen LogP contribution in [0.5, 0.6) is 0 Å². The van der Waals surface area contributed by atoms with E-state index in [1.54, 1.807) is 0 Å². The quantitative estimate of drug-likeness (QED) is 0.709. The lowest BCUT2D eigenvalue weighted by atomic mass is 10.1. The number of nitrogens with one attached hydrogen (secondary N) is 1. The van der Waals surface area contributed by atoms with E-state index in [2.05, 4.69) is 0 Å². The summed E-state index contributed by atoms with van der Waals surface area (Å²) >= 11 is 0. The van der Waals surface area contributed by atoms with Crippen LogP contribution in [-0.4, -0.2) is 22.2 Å². The minimum Gasteiger partial charge on any atom is -0.478 e. The van der Waals surface area contributed by atoms with Crippen LogP contribution >= 0.6 is 0 Å². The Morgan fingerprint density at radius 2 is 1.77 bits per heavy atom. The van der Waals surface area contributed by atoms with Crippen LogP contribution < -0.4 is 5.73 Å². The Bertz CT molecular complexity index is 372. The first-order chi connectivity index (χ1) is 6.04. The fourth-order valence-electron chi connectivity index (χ4n) is 0.961. The van der Waals surface area contributed by atoms with Crippen LogP contribution in [-0.2, 0) is 0 Å². The van der Waals surface area contributed by atoms with Crippen LogP contribution in [0.4, 0.5) is 5.69 Å². The van der Waals surface area contributed by atoms with E-state index >= 15 is 0 Å². The smallest absolute Gasteiger partial charge is 0.338 e. The zero-order valence-electron chi connectivity index (χ0n) is 6.44. The number of rotatable bonds is 2. The molecule has 5 heteroatoms. The maximum absolute atomic E-state index is 10.6. The van der Waals surface area contributed by atoms with Crippen molar-refractivity contribution in [3.63, 3.8) is 0 Å². The van der Waals surface area contributed by atoms with Crippen LogP contribution in [0.1, 0.15) is 20.7 Å². The lowest BCUT2D eigenvalue weighted by Crippen LogP contribution is -2.08. The monoisotopic (exact) mass is 180 g/mol. The number of carboxylic acid groups (broad SMARTS) is 2. The van der Waals surface area contributed by atoms with Gasteiger partial charge in [0.15, 0.2) is 0 Å². The topological polar surface area (TPSA) is 98.4 Å². The summed E-state index contributed by atoms with van der Waals surface area (Å²) in [4.78, 5) is 21.1. The van der Waals surface area contributed by atoms with Gasteiger partial charge in [0.1, 0.15) is 0 Å². The van der Waals surface area contributed by atoms with Crippen LogP contribution in [0.25, 0.3) is 0 Å². The average Bonchev–Trinajstić information content (AvgIpc) is 2.02. The molecule has 67 valence electrons. The van der Waals surface area contributed by atoms with Crippen molar-refractivity contribution >= 4 is 17.6 Å². The summed E-state index contributed by atoms with van der Waals surface area (Å²) in [6.45, 7) is 0. The minimum atomic E-state index is -1.40. The number of carbonyl (C=O) groups is 2. The molecule has 0 atom stereocenters. The van der Waals surface area contributed by atoms with Crippen LogP contribution in [0, 0.1) is 0 Å². The Morgan fingerprint density at radius 3 is 2.15 bits per heavy atom. The van der Waals surface area contributed by atoms with Crippen molar-refractivity contribution in [2.75, 3.05) is 0 Å². The Balaban J connectivity index is 3.43. The molecule has 0 unspecified atom stereocenters. The summed E-state index contributed by atoms with van der Waals surface area (Å²) in [6, 6.07) is 3.72. The molecule has 3 N–H and O–H groups in total. The van der Waals surface area contributed by atoms with Gasteiger partial charge in [-0.05, 0) is 12.1 Å². The molecule has 1 radical (unpaired) electrons. The summed E-state index contributed by atoms with van der Waals surface area (Å²) in [5.74, 6) is -2.74. The van der Waals surface area contributed by atoms with Crippen molar-refractivity contribution in [2.24, 2.45) is 0 Å². The molecule has 0 amide bonds. The number of aromatic carboxylic acids is 2. The molecule has 0 bridgehead atoms. The summed E-state index contributed by atoms with van der Waals surface area (Å²) < 4.78 is 0. The van der Waals surface area contributed by atoms with E-state index < -0.39 is 17.5 Å². The summed E-state index contributed by atoms with van der Waals surface area (Å²) in [6.07, 6.45) is 0. The highest BCUT2D eigenvalue weighted by molar-refractivity contribution is 6.04. The van der Waals surface area contributed by atoms with Gasteiger partial charge in [0, 0.05) is 0 Å². The predicted molar refractivity (Wildman–Crippen MR) is 43.1 cm³/mol. The van der Waals surface area contributed by atoms with Gasteiger partial charge in [0.25, 0.3) is 0 Å². The van der Waals surface area contributed by atoms with Gasteiger partial charge < -0.3 is 10.2 Å². The van der Waals surface area contributed by atoms with Gasteiger partial charge in [-0.3, -0.25) is 5.73 Å². The van der Waals surface area contributed by atoms with Crippen molar-refractivity contribution in [2.45, 2.75) is 0 Å². The minimum absolute atomic E-state index is 0.299. The molecule has 0 heterocycles. The first kappa shape index (κ1) is 9.05. The molecule has 0 fully saturated rings. The highest BCUT2D eigenvalue weighted by atomic mass is 16.4. The van der Waals surface area contributed by atoms with E-state index in [1.165, 1.54) is 12.1 Å². The molecule has 1 aromatic carbocycles. The van der Waals surface area contributed by atoms with Gasteiger partial charge in [-0.25, -0.2) is 9.59 Å². The zero-order valence-corrected chi connectivity index (χ0v) is 6.44. The molecule has 0 saturated carbocycles. The maximum Gasteiger partial charge on any atom is 0.338 e. The van der Waals surface area contributed by atoms with E-state index in [-0.39, 0.29) is 11.3 Å². The average molecular weight is 180 g/mol. The molecule has 1 aromatic rings. The third-order valence-electron chi connectivity index (χ3n) is 1.51. The van der Waals surface area contributed by atoms with E-state index in [1.807, 2.05) is 0 Å². The van der Waals surface area contributed by atoms with E-state index in [0.29, 0.717) is 0 Å². The first-order valence-corrected chi connectivity index (χ1v) is 3.35. The van der Waals surface area contributed by atoms with Gasteiger partial charge in [0.2, 0.25) is 0 Å².